The monoisotopic (exact) mass is 444 g/mol. The molecule has 0 bridgehead atoms. The van der Waals surface area contributed by atoms with Crippen molar-refractivity contribution in [1.82, 2.24) is 0 Å². The lowest BCUT2D eigenvalue weighted by atomic mass is 10.1. The molecule has 1 nitrogen and oxygen atoms in total. The number of methoxy groups -OCH3 is 1. The topological polar surface area (TPSA) is 9.23 Å². The molecule has 0 N–H and O–H groups in total. The number of rotatable bonds is 2. The number of benzene rings is 4. The Balaban J connectivity index is 1.55. The van der Waals surface area contributed by atoms with Crippen molar-refractivity contribution in [2.24, 2.45) is 0 Å². The Morgan fingerprint density at radius 1 is 0.636 bits per heavy atom. The quantitative estimate of drug-likeness (QED) is 0.259. The third-order valence-corrected chi connectivity index (χ3v) is 4.90. The fourth-order valence-electron chi connectivity index (χ4n) is 3.23. The summed E-state index contributed by atoms with van der Waals surface area (Å²) in [6.45, 7) is 0.299. The molecule has 33 heavy (non-hydrogen) atoms. The van der Waals surface area contributed by atoms with Gasteiger partial charge in [0.05, 0.1) is 17.7 Å². The second-order valence-electron chi connectivity index (χ2n) is 7.24. The molecule has 0 spiro atoms. The summed E-state index contributed by atoms with van der Waals surface area (Å²) in [5.74, 6) is 8.13. The first-order chi connectivity index (χ1) is 15.9. The minimum Gasteiger partial charge on any atom is -0.380 e. The standard InChI is InChI=1S/C28H16F4O/c1-33-17-20-5-10-22(27(31)16-20)9-4-19-3-8-21(26(30)15-19)7-2-18-6-12-24-23(14-18)11-13-25(29)28(24)32/h3,5-6,8,10-16H,17H2,1H3. The summed E-state index contributed by atoms with van der Waals surface area (Å²) in [5.41, 5.74) is 1.96. The Kier molecular flexibility index (Phi) is 6.45. The zero-order valence-electron chi connectivity index (χ0n) is 17.5. The smallest absolute Gasteiger partial charge is 0.166 e. The van der Waals surface area contributed by atoms with Crippen LogP contribution in [0.25, 0.3) is 10.8 Å². The van der Waals surface area contributed by atoms with Crippen molar-refractivity contribution >= 4 is 10.8 Å². The summed E-state index contributed by atoms with van der Waals surface area (Å²) in [6.07, 6.45) is 0. The molecule has 0 unspecified atom stereocenters. The molecule has 5 heteroatoms. The van der Waals surface area contributed by atoms with Crippen molar-refractivity contribution in [2.45, 2.75) is 6.61 Å². The van der Waals surface area contributed by atoms with Crippen molar-refractivity contribution < 1.29 is 22.3 Å². The van der Waals surface area contributed by atoms with Crippen molar-refractivity contribution in [2.75, 3.05) is 7.11 Å². The van der Waals surface area contributed by atoms with Gasteiger partial charge in [0, 0.05) is 23.6 Å². The van der Waals surface area contributed by atoms with E-state index in [1.54, 1.807) is 30.3 Å². The van der Waals surface area contributed by atoms with Crippen LogP contribution in [0.2, 0.25) is 0 Å². The van der Waals surface area contributed by atoms with Gasteiger partial charge in [0.2, 0.25) is 0 Å². The second kappa shape index (κ2) is 9.61. The molecule has 0 heterocycles. The molecule has 0 atom stereocenters. The average molecular weight is 444 g/mol. The number of hydrogen-bond donors (Lipinski definition) is 0. The van der Waals surface area contributed by atoms with E-state index in [2.05, 4.69) is 23.7 Å². The van der Waals surface area contributed by atoms with Crippen LogP contribution < -0.4 is 0 Å². The molecule has 4 rings (SSSR count). The van der Waals surface area contributed by atoms with E-state index >= 15 is 0 Å². The average Bonchev–Trinajstić information content (AvgIpc) is 2.80. The lowest BCUT2D eigenvalue weighted by Crippen LogP contribution is -1.91. The summed E-state index contributed by atoms with van der Waals surface area (Å²) in [7, 11) is 1.53. The fraction of sp³-hybridized carbons (Fsp3) is 0.0714. The molecule has 0 saturated heterocycles. The first kappa shape index (κ1) is 22.1. The van der Waals surface area contributed by atoms with E-state index in [1.807, 2.05) is 0 Å². The predicted molar refractivity (Wildman–Crippen MR) is 119 cm³/mol. The van der Waals surface area contributed by atoms with Crippen LogP contribution in [0.15, 0.2) is 66.7 Å². The maximum absolute atomic E-state index is 14.5. The molecule has 0 aliphatic carbocycles. The van der Waals surface area contributed by atoms with Crippen molar-refractivity contribution in [3.05, 3.63) is 118 Å². The highest BCUT2D eigenvalue weighted by Crippen LogP contribution is 2.21. The highest BCUT2D eigenvalue weighted by Gasteiger charge is 2.07. The van der Waals surface area contributed by atoms with Gasteiger partial charge in [0.15, 0.2) is 11.6 Å². The summed E-state index contributed by atoms with van der Waals surface area (Å²) in [5, 5.41) is 0.647. The van der Waals surface area contributed by atoms with Crippen LogP contribution >= 0.6 is 0 Å². The lowest BCUT2D eigenvalue weighted by Gasteiger charge is -2.01. The van der Waals surface area contributed by atoms with E-state index in [9.17, 15) is 17.6 Å². The molecule has 0 aromatic heterocycles. The summed E-state index contributed by atoms with van der Waals surface area (Å²) < 4.78 is 60.7. The van der Waals surface area contributed by atoms with E-state index in [1.165, 1.54) is 37.4 Å². The Bertz CT molecular complexity index is 1480. The normalized spacial score (nSPS) is 10.3. The van der Waals surface area contributed by atoms with Gasteiger partial charge in [-0.3, -0.25) is 0 Å². The van der Waals surface area contributed by atoms with Crippen molar-refractivity contribution in [3.8, 4) is 23.7 Å². The van der Waals surface area contributed by atoms with E-state index < -0.39 is 23.3 Å². The van der Waals surface area contributed by atoms with E-state index in [4.69, 9.17) is 4.74 Å². The first-order valence-corrected chi connectivity index (χ1v) is 9.93. The van der Waals surface area contributed by atoms with Crippen LogP contribution in [0.4, 0.5) is 17.6 Å². The molecule has 0 aliphatic rings. The zero-order valence-corrected chi connectivity index (χ0v) is 17.5. The van der Waals surface area contributed by atoms with Crippen molar-refractivity contribution in [3.63, 3.8) is 0 Å². The number of halogens is 4. The Morgan fingerprint density at radius 2 is 1.27 bits per heavy atom. The molecule has 0 radical (unpaired) electrons. The number of hydrogen-bond acceptors (Lipinski definition) is 1. The molecule has 162 valence electrons. The molecule has 4 aromatic carbocycles. The second-order valence-corrected chi connectivity index (χ2v) is 7.24. The third-order valence-electron chi connectivity index (χ3n) is 4.90. The zero-order chi connectivity index (χ0) is 23.4. The van der Waals surface area contributed by atoms with Gasteiger partial charge in [-0.05, 0) is 59.5 Å². The van der Waals surface area contributed by atoms with E-state index in [0.29, 0.717) is 28.7 Å². The molecular formula is C28H16F4O. The molecular weight excluding hydrogens is 428 g/mol. The Hall–Kier alpha value is -4.06. The largest absolute Gasteiger partial charge is 0.380 e. The van der Waals surface area contributed by atoms with Gasteiger partial charge < -0.3 is 4.74 Å². The van der Waals surface area contributed by atoms with E-state index in [0.717, 1.165) is 6.07 Å². The van der Waals surface area contributed by atoms with Crippen LogP contribution in [0.1, 0.15) is 27.8 Å². The highest BCUT2D eigenvalue weighted by atomic mass is 19.2. The summed E-state index contributed by atoms with van der Waals surface area (Å²) in [4.78, 5) is 0. The maximum atomic E-state index is 14.5. The number of fused-ring (bicyclic) bond motifs is 1. The van der Waals surface area contributed by atoms with Gasteiger partial charge in [-0.15, -0.1) is 0 Å². The minimum atomic E-state index is -0.919. The number of ether oxygens (including phenoxy) is 1. The fourth-order valence-corrected chi connectivity index (χ4v) is 3.23. The third kappa shape index (κ3) is 5.06. The van der Waals surface area contributed by atoms with Crippen molar-refractivity contribution in [1.29, 1.82) is 0 Å². The minimum absolute atomic E-state index is 0.152. The lowest BCUT2D eigenvalue weighted by molar-refractivity contribution is 0.184. The first-order valence-electron chi connectivity index (χ1n) is 9.93. The molecule has 0 aliphatic heterocycles. The van der Waals surface area contributed by atoms with Crippen LogP contribution in [-0.4, -0.2) is 7.11 Å². The predicted octanol–water partition coefficient (Wildman–Crippen LogP) is 6.34. The van der Waals surface area contributed by atoms with Crippen LogP contribution in [-0.2, 0) is 11.3 Å². The van der Waals surface area contributed by atoms with Gasteiger partial charge in [-0.1, -0.05) is 41.9 Å². The van der Waals surface area contributed by atoms with Gasteiger partial charge in [-0.2, -0.15) is 0 Å². The molecule has 4 aromatic rings. The molecule has 0 amide bonds. The molecule has 0 fully saturated rings. The van der Waals surface area contributed by atoms with Gasteiger partial charge >= 0.3 is 0 Å². The maximum Gasteiger partial charge on any atom is 0.166 e. The highest BCUT2D eigenvalue weighted by molar-refractivity contribution is 5.84. The SMILES string of the molecule is COCc1ccc(C#Cc2ccc(C#Cc3ccc4c(F)c(F)ccc4c3)c(F)c2)c(F)c1. The van der Waals surface area contributed by atoms with Gasteiger partial charge in [0.25, 0.3) is 0 Å². The Labute approximate surface area is 188 Å². The van der Waals surface area contributed by atoms with Crippen LogP contribution in [0.3, 0.4) is 0 Å². The molecule has 0 saturated carbocycles. The van der Waals surface area contributed by atoms with Crippen LogP contribution in [0, 0.1) is 47.0 Å². The Morgan fingerprint density at radius 3 is 1.94 bits per heavy atom. The summed E-state index contributed by atoms with van der Waals surface area (Å²) >= 11 is 0. The van der Waals surface area contributed by atoms with Crippen LogP contribution in [0.5, 0.6) is 0 Å². The summed E-state index contributed by atoms with van der Waals surface area (Å²) in [6, 6.07) is 16.0. The van der Waals surface area contributed by atoms with Gasteiger partial charge in [-0.25, -0.2) is 17.6 Å². The van der Waals surface area contributed by atoms with Gasteiger partial charge in [0.1, 0.15) is 11.6 Å². The van der Waals surface area contributed by atoms with E-state index in [-0.39, 0.29) is 16.5 Å².